The van der Waals surface area contributed by atoms with Gasteiger partial charge in [0.1, 0.15) is 5.82 Å². The van der Waals surface area contributed by atoms with E-state index in [1.54, 1.807) is 19.2 Å². The molecule has 0 saturated carbocycles. The zero-order chi connectivity index (χ0) is 23.7. The van der Waals surface area contributed by atoms with Crippen molar-refractivity contribution in [2.24, 2.45) is 0 Å². The van der Waals surface area contributed by atoms with Crippen LogP contribution in [0.1, 0.15) is 39.1 Å². The minimum atomic E-state index is -3.65. The number of nitrogens with zero attached hydrogens (tertiary/aromatic N) is 3. The Balaban J connectivity index is 2.24. The topological polar surface area (TPSA) is 84.8 Å². The van der Waals surface area contributed by atoms with Gasteiger partial charge >= 0.3 is 0 Å². The first kappa shape index (κ1) is 24.9. The fourth-order valence-electron chi connectivity index (χ4n) is 2.89. The molecule has 172 valence electrons. The van der Waals surface area contributed by atoms with Crippen LogP contribution in [0.4, 0.5) is 10.1 Å². The lowest BCUT2D eigenvalue weighted by Gasteiger charge is -2.14. The molecule has 0 unspecified atom stereocenters. The number of rotatable bonds is 7. The first-order valence-corrected chi connectivity index (χ1v) is 13.9. The molecule has 0 aliphatic heterocycles. The number of thiazole rings is 1. The number of sulfonamides is 1. The predicted molar refractivity (Wildman–Crippen MR) is 132 cm³/mol. The summed E-state index contributed by atoms with van der Waals surface area (Å²) in [5.41, 5.74) is 1.11. The second-order valence-electron chi connectivity index (χ2n) is 8.11. The summed E-state index contributed by atoms with van der Waals surface area (Å²) in [5, 5.41) is 1.50. The van der Waals surface area contributed by atoms with E-state index < -0.39 is 15.8 Å². The van der Waals surface area contributed by atoms with Crippen LogP contribution in [0.2, 0.25) is 5.02 Å². The molecule has 2 aromatic heterocycles. The number of hydrogen-bond acceptors (Lipinski definition) is 7. The van der Waals surface area contributed by atoms with Gasteiger partial charge in [0.25, 0.3) is 0 Å². The molecular weight excluding hydrogens is 491 g/mol. The first-order valence-electron chi connectivity index (χ1n) is 9.83. The number of benzene rings is 1. The molecule has 11 heteroatoms. The Morgan fingerprint density at radius 1 is 1.25 bits per heavy atom. The van der Waals surface area contributed by atoms with Crippen molar-refractivity contribution >= 4 is 50.4 Å². The largest absolute Gasteiger partial charge is 0.282 e. The fraction of sp³-hybridized carbons (Fsp3) is 0.381. The minimum absolute atomic E-state index is 0.0149. The standard InChI is InChI=1S/C21H24ClFN4O2S3/c1-6-9-32(28,29)27-15-11-12(23)10-13(16(15)22)17-18(31-19(26-17)21(2,3)4)14-7-8-24-20(25-14)30-5/h7-8,10-11,27H,6,9H2,1-5H3. The average molecular weight is 515 g/mol. The second kappa shape index (κ2) is 9.62. The Hall–Kier alpha value is -1.75. The molecule has 0 atom stereocenters. The van der Waals surface area contributed by atoms with Crippen LogP contribution in [0.15, 0.2) is 29.6 Å². The van der Waals surface area contributed by atoms with E-state index in [1.165, 1.54) is 29.2 Å². The number of anilines is 1. The Morgan fingerprint density at radius 3 is 2.59 bits per heavy atom. The number of nitrogens with one attached hydrogen (secondary N) is 1. The molecule has 32 heavy (non-hydrogen) atoms. The normalized spacial score (nSPS) is 12.2. The maximum absolute atomic E-state index is 14.6. The Labute approximate surface area is 201 Å². The van der Waals surface area contributed by atoms with Crippen molar-refractivity contribution in [3.63, 3.8) is 0 Å². The zero-order valence-corrected chi connectivity index (χ0v) is 21.6. The van der Waals surface area contributed by atoms with Crippen molar-refractivity contribution in [3.05, 3.63) is 40.2 Å². The molecule has 1 N–H and O–H groups in total. The predicted octanol–water partition coefficient (Wildman–Crippen LogP) is 6.23. The van der Waals surface area contributed by atoms with Crippen molar-refractivity contribution < 1.29 is 12.8 Å². The van der Waals surface area contributed by atoms with E-state index in [-0.39, 0.29) is 21.9 Å². The van der Waals surface area contributed by atoms with Crippen LogP contribution < -0.4 is 4.72 Å². The van der Waals surface area contributed by atoms with Crippen LogP contribution in [-0.2, 0) is 15.4 Å². The molecule has 2 heterocycles. The third-order valence-electron chi connectivity index (χ3n) is 4.35. The zero-order valence-electron chi connectivity index (χ0n) is 18.4. The third-order valence-corrected chi connectivity index (χ3v) is 8.30. The molecule has 0 fully saturated rings. The van der Waals surface area contributed by atoms with Gasteiger partial charge in [-0.15, -0.1) is 11.3 Å². The third kappa shape index (κ3) is 5.59. The van der Waals surface area contributed by atoms with Crippen molar-refractivity contribution in [3.8, 4) is 21.8 Å². The highest BCUT2D eigenvalue weighted by molar-refractivity contribution is 7.98. The van der Waals surface area contributed by atoms with Crippen molar-refractivity contribution in [1.29, 1.82) is 0 Å². The summed E-state index contributed by atoms with van der Waals surface area (Å²) in [6.45, 7) is 7.84. The molecule has 0 spiro atoms. The Morgan fingerprint density at radius 2 is 1.97 bits per heavy atom. The highest BCUT2D eigenvalue weighted by Gasteiger charge is 2.26. The van der Waals surface area contributed by atoms with E-state index >= 15 is 0 Å². The maximum atomic E-state index is 14.6. The van der Waals surface area contributed by atoms with E-state index in [4.69, 9.17) is 16.6 Å². The van der Waals surface area contributed by atoms with Gasteiger partial charge in [-0.1, -0.05) is 51.1 Å². The molecule has 0 saturated heterocycles. The monoisotopic (exact) mass is 514 g/mol. The van der Waals surface area contributed by atoms with Gasteiger partial charge in [-0.2, -0.15) is 0 Å². The van der Waals surface area contributed by atoms with Crippen molar-refractivity contribution in [1.82, 2.24) is 15.0 Å². The average Bonchev–Trinajstić information content (AvgIpc) is 3.16. The van der Waals surface area contributed by atoms with Gasteiger partial charge in [0.05, 0.1) is 37.7 Å². The van der Waals surface area contributed by atoms with Gasteiger partial charge in [0.2, 0.25) is 10.0 Å². The lowest BCUT2D eigenvalue weighted by Crippen LogP contribution is -2.16. The fourth-order valence-corrected chi connectivity index (χ4v) is 5.79. The summed E-state index contributed by atoms with van der Waals surface area (Å²) in [6, 6.07) is 4.11. The van der Waals surface area contributed by atoms with Gasteiger partial charge in [0, 0.05) is 17.2 Å². The molecule has 6 nitrogen and oxygen atoms in total. The second-order valence-corrected chi connectivity index (χ2v) is 12.1. The van der Waals surface area contributed by atoms with E-state index in [0.29, 0.717) is 33.4 Å². The van der Waals surface area contributed by atoms with E-state index in [1.807, 2.05) is 27.0 Å². The summed E-state index contributed by atoms with van der Waals surface area (Å²) >= 11 is 9.45. The molecule has 0 bridgehead atoms. The SMILES string of the molecule is CCCS(=O)(=O)Nc1cc(F)cc(-c2nc(C(C)(C)C)sc2-c2ccnc(SC)n2)c1Cl. The highest BCUT2D eigenvalue weighted by Crippen LogP contribution is 2.44. The van der Waals surface area contributed by atoms with Crippen molar-refractivity contribution in [2.45, 2.75) is 44.7 Å². The van der Waals surface area contributed by atoms with Gasteiger partial charge in [0.15, 0.2) is 5.16 Å². The van der Waals surface area contributed by atoms with Gasteiger partial charge in [-0.05, 0) is 30.9 Å². The summed E-state index contributed by atoms with van der Waals surface area (Å²) < 4.78 is 41.6. The Bertz CT molecular complexity index is 1240. The number of halogens is 2. The van der Waals surface area contributed by atoms with Crippen LogP contribution in [0.3, 0.4) is 0 Å². The summed E-state index contributed by atoms with van der Waals surface area (Å²) in [5.74, 6) is -0.716. The summed E-state index contributed by atoms with van der Waals surface area (Å²) in [6.07, 6.45) is 3.96. The molecule has 1 aromatic carbocycles. The summed E-state index contributed by atoms with van der Waals surface area (Å²) in [4.78, 5) is 14.3. The molecule has 0 amide bonds. The van der Waals surface area contributed by atoms with E-state index in [0.717, 1.165) is 11.1 Å². The molecule has 3 rings (SSSR count). The lowest BCUT2D eigenvalue weighted by atomic mass is 9.98. The maximum Gasteiger partial charge on any atom is 0.232 e. The van der Waals surface area contributed by atoms with Gasteiger partial charge in [-0.3, -0.25) is 4.72 Å². The number of aromatic nitrogens is 3. The van der Waals surface area contributed by atoms with Crippen LogP contribution in [0.25, 0.3) is 21.8 Å². The van der Waals surface area contributed by atoms with E-state index in [2.05, 4.69) is 14.7 Å². The molecule has 0 aliphatic carbocycles. The quantitative estimate of drug-likeness (QED) is 0.297. The minimum Gasteiger partial charge on any atom is -0.282 e. The smallest absolute Gasteiger partial charge is 0.232 e. The van der Waals surface area contributed by atoms with Crippen LogP contribution in [-0.4, -0.2) is 35.4 Å². The molecule has 0 radical (unpaired) electrons. The van der Waals surface area contributed by atoms with Crippen LogP contribution in [0.5, 0.6) is 0 Å². The lowest BCUT2D eigenvalue weighted by molar-refractivity contribution is 0.586. The van der Waals surface area contributed by atoms with Gasteiger partial charge in [-0.25, -0.2) is 27.8 Å². The number of hydrogen-bond donors (Lipinski definition) is 1. The Kier molecular flexibility index (Phi) is 7.48. The summed E-state index contributed by atoms with van der Waals surface area (Å²) in [7, 11) is -3.65. The van der Waals surface area contributed by atoms with Crippen LogP contribution >= 0.6 is 34.7 Å². The first-order chi connectivity index (χ1) is 14.9. The van der Waals surface area contributed by atoms with Crippen LogP contribution in [0, 0.1) is 5.82 Å². The van der Waals surface area contributed by atoms with Gasteiger partial charge < -0.3 is 0 Å². The van der Waals surface area contributed by atoms with Crippen molar-refractivity contribution in [2.75, 3.05) is 16.7 Å². The highest BCUT2D eigenvalue weighted by atomic mass is 35.5. The van der Waals surface area contributed by atoms with E-state index in [9.17, 15) is 12.8 Å². The number of thioether (sulfide) groups is 1. The molecule has 3 aromatic rings. The molecule has 0 aliphatic rings. The molecular formula is C21H24ClFN4O2S3.